The van der Waals surface area contributed by atoms with Crippen LogP contribution in [0.5, 0.6) is 0 Å². The minimum absolute atomic E-state index is 0.00418. The highest BCUT2D eigenvalue weighted by Crippen LogP contribution is 2.43. The Balaban J connectivity index is 1.87. The lowest BCUT2D eigenvalue weighted by Gasteiger charge is -2.37. The fourth-order valence-corrected chi connectivity index (χ4v) is 6.14. The van der Waals surface area contributed by atoms with Crippen LogP contribution in [0.3, 0.4) is 0 Å². The van der Waals surface area contributed by atoms with Gasteiger partial charge in [0, 0.05) is 12.1 Å². The Morgan fingerprint density at radius 3 is 2.31 bits per heavy atom. The van der Waals surface area contributed by atoms with Gasteiger partial charge in [0.15, 0.2) is 0 Å². The largest absolute Gasteiger partial charge is 0.351 e. The summed E-state index contributed by atoms with van der Waals surface area (Å²) in [6.07, 6.45) is 2.59. The topological polar surface area (TPSA) is 128 Å². The number of nitrogens with zero attached hydrogens (tertiary/aromatic N) is 2. The van der Waals surface area contributed by atoms with Crippen LogP contribution in [0.4, 0.5) is 8.78 Å². The quantitative estimate of drug-likeness (QED) is 0.306. The van der Waals surface area contributed by atoms with Crippen molar-refractivity contribution in [3.05, 3.63) is 0 Å². The molecule has 39 heavy (non-hydrogen) atoms. The number of carbonyl (C=O) groups excluding carboxylic acids is 5. The SMILES string of the molecule is CC1(C)C[C@@H](CN(NC(=O)[C@@H]2[C@H]3CCC[C@H]3CN2C(=O)[C@@H](NC(=O)[C@H](F)Cl)C(C)(C)C)C(=O)[C@H](F)Cl)C(=O)N1. The molecule has 0 radical (unpaired) electrons. The second-order valence-corrected chi connectivity index (χ2v) is 13.2. The van der Waals surface area contributed by atoms with Crippen LogP contribution < -0.4 is 16.1 Å². The summed E-state index contributed by atoms with van der Waals surface area (Å²) in [5, 5.41) is 5.84. The second-order valence-electron chi connectivity index (χ2n) is 12.4. The maximum absolute atomic E-state index is 13.9. The van der Waals surface area contributed by atoms with E-state index in [9.17, 15) is 32.8 Å². The molecule has 0 unspecified atom stereocenters. The minimum Gasteiger partial charge on any atom is -0.351 e. The smallest absolute Gasteiger partial charge is 0.291 e. The van der Waals surface area contributed by atoms with Crippen molar-refractivity contribution in [1.29, 1.82) is 0 Å². The number of rotatable bonds is 7. The lowest BCUT2D eigenvalue weighted by Crippen LogP contribution is -2.61. The number of amides is 5. The monoisotopic (exact) mass is 595 g/mol. The first kappa shape index (κ1) is 31.3. The van der Waals surface area contributed by atoms with E-state index < -0.39 is 63.8 Å². The summed E-state index contributed by atoms with van der Waals surface area (Å²) >= 11 is 10.7. The van der Waals surface area contributed by atoms with E-state index in [1.165, 1.54) is 4.90 Å². The number of fused-ring (bicyclic) bond motifs is 1. The average molecular weight is 597 g/mol. The molecule has 14 heteroatoms. The van der Waals surface area contributed by atoms with E-state index >= 15 is 0 Å². The molecule has 0 bridgehead atoms. The predicted molar refractivity (Wildman–Crippen MR) is 139 cm³/mol. The zero-order valence-corrected chi connectivity index (χ0v) is 24.2. The van der Waals surface area contributed by atoms with Crippen molar-refractivity contribution in [1.82, 2.24) is 26.0 Å². The van der Waals surface area contributed by atoms with E-state index in [4.69, 9.17) is 23.2 Å². The summed E-state index contributed by atoms with van der Waals surface area (Å²) in [7, 11) is 0. The molecule has 0 aromatic heterocycles. The average Bonchev–Trinajstić information content (AvgIpc) is 3.46. The van der Waals surface area contributed by atoms with Crippen molar-refractivity contribution in [2.45, 2.75) is 89.2 Å². The Morgan fingerprint density at radius 2 is 1.79 bits per heavy atom. The Bertz CT molecular complexity index is 1010. The van der Waals surface area contributed by atoms with Gasteiger partial charge >= 0.3 is 0 Å². The van der Waals surface area contributed by atoms with Gasteiger partial charge in [-0.1, -0.05) is 50.4 Å². The zero-order valence-electron chi connectivity index (χ0n) is 22.7. The van der Waals surface area contributed by atoms with Gasteiger partial charge in [0.2, 0.25) is 11.8 Å². The van der Waals surface area contributed by atoms with Crippen LogP contribution in [-0.4, -0.2) is 81.4 Å². The van der Waals surface area contributed by atoms with Crippen molar-refractivity contribution in [3.8, 4) is 0 Å². The molecular weight excluding hydrogens is 559 g/mol. The van der Waals surface area contributed by atoms with E-state index in [0.717, 1.165) is 12.8 Å². The summed E-state index contributed by atoms with van der Waals surface area (Å²) < 4.78 is 27.4. The van der Waals surface area contributed by atoms with Gasteiger partial charge in [-0.25, -0.2) is 13.8 Å². The molecule has 1 aliphatic carbocycles. The van der Waals surface area contributed by atoms with E-state index in [1.54, 1.807) is 34.6 Å². The first-order valence-corrected chi connectivity index (χ1v) is 13.9. The van der Waals surface area contributed by atoms with Crippen LogP contribution in [0.1, 0.15) is 60.3 Å². The third kappa shape index (κ3) is 7.11. The number of carbonyl (C=O) groups is 5. The van der Waals surface area contributed by atoms with Gasteiger partial charge in [0.05, 0.1) is 12.5 Å². The summed E-state index contributed by atoms with van der Waals surface area (Å²) in [5.41, 5.74) is -3.80. The highest BCUT2D eigenvalue weighted by molar-refractivity contribution is 6.30. The fraction of sp³-hybridized carbons (Fsp3) is 0.800. The first-order chi connectivity index (χ1) is 17.9. The summed E-state index contributed by atoms with van der Waals surface area (Å²) in [4.78, 5) is 65.9. The van der Waals surface area contributed by atoms with Crippen molar-refractivity contribution in [3.63, 3.8) is 0 Å². The maximum Gasteiger partial charge on any atom is 0.291 e. The summed E-state index contributed by atoms with van der Waals surface area (Å²) in [6.45, 7) is 8.56. The molecule has 0 aromatic carbocycles. The molecule has 2 heterocycles. The highest BCUT2D eigenvalue weighted by atomic mass is 35.5. The van der Waals surface area contributed by atoms with Crippen LogP contribution in [0, 0.1) is 23.2 Å². The molecule has 10 nitrogen and oxygen atoms in total. The molecule has 3 N–H and O–H groups in total. The Hall–Kier alpha value is -2.21. The van der Waals surface area contributed by atoms with Gasteiger partial charge < -0.3 is 15.5 Å². The minimum atomic E-state index is -2.46. The highest BCUT2D eigenvalue weighted by Gasteiger charge is 2.52. The van der Waals surface area contributed by atoms with Crippen molar-refractivity contribution >= 4 is 52.7 Å². The molecule has 7 atom stereocenters. The van der Waals surface area contributed by atoms with Crippen LogP contribution in [0.2, 0.25) is 0 Å². The fourth-order valence-electron chi connectivity index (χ4n) is 5.96. The van der Waals surface area contributed by atoms with E-state index in [-0.39, 0.29) is 30.8 Å². The molecule has 5 amide bonds. The molecule has 3 fully saturated rings. The van der Waals surface area contributed by atoms with Gasteiger partial charge in [0.25, 0.3) is 29.0 Å². The number of likely N-dealkylation sites (tertiary alicyclic amines) is 1. The zero-order chi connectivity index (χ0) is 29.4. The van der Waals surface area contributed by atoms with E-state index in [1.807, 2.05) is 0 Å². The van der Waals surface area contributed by atoms with Crippen LogP contribution >= 0.6 is 23.2 Å². The van der Waals surface area contributed by atoms with Crippen LogP contribution in [0.25, 0.3) is 0 Å². The van der Waals surface area contributed by atoms with Gasteiger partial charge in [-0.15, -0.1) is 0 Å². The van der Waals surface area contributed by atoms with Crippen molar-refractivity contribution < 1.29 is 32.8 Å². The van der Waals surface area contributed by atoms with Crippen molar-refractivity contribution in [2.75, 3.05) is 13.1 Å². The lowest BCUT2D eigenvalue weighted by molar-refractivity contribution is -0.150. The number of nitrogens with one attached hydrogen (secondary N) is 3. The predicted octanol–water partition coefficient (Wildman–Crippen LogP) is 1.99. The van der Waals surface area contributed by atoms with Crippen LogP contribution in [0.15, 0.2) is 0 Å². The molecule has 0 spiro atoms. The Morgan fingerprint density at radius 1 is 1.15 bits per heavy atom. The lowest BCUT2D eigenvalue weighted by atomic mass is 9.85. The molecule has 3 rings (SSSR count). The molecular formula is C25H37Cl2F2N5O5. The number of alkyl halides is 4. The number of halogens is 4. The third-order valence-corrected chi connectivity index (χ3v) is 8.11. The van der Waals surface area contributed by atoms with Gasteiger partial charge in [-0.05, 0) is 50.4 Å². The first-order valence-electron chi connectivity index (χ1n) is 13.0. The normalized spacial score (nSPS) is 28.2. The van der Waals surface area contributed by atoms with Gasteiger partial charge in [-0.2, -0.15) is 0 Å². The maximum atomic E-state index is 13.9. The molecule has 220 valence electrons. The number of hydrazine groups is 1. The molecule has 0 aromatic rings. The molecule has 2 saturated heterocycles. The standard InChI is InChI=1S/C25H37Cl2F2N5O5/c1-24(2,3)16(30-21(37)17(26)28)22(38)33-10-12-7-6-8-14(12)15(33)20(36)32-34(23(39)18(27)29)11-13-9-25(4,5)31-19(13)35/h12-18H,6-11H2,1-5H3,(H,30,37)(H,31,35)(H,32,36)/t12-,13-,14-,15-,16+,17-,18-/m0/s1. The number of hydrogen-bond donors (Lipinski definition) is 3. The van der Waals surface area contributed by atoms with Gasteiger partial charge in [0.1, 0.15) is 12.1 Å². The Labute approximate surface area is 236 Å². The van der Waals surface area contributed by atoms with Gasteiger partial charge in [-0.3, -0.25) is 29.4 Å². The molecule has 3 aliphatic rings. The van der Waals surface area contributed by atoms with E-state index in [2.05, 4.69) is 16.1 Å². The summed E-state index contributed by atoms with van der Waals surface area (Å²) in [6, 6.07) is -2.24. The van der Waals surface area contributed by atoms with Crippen LogP contribution in [-0.2, 0) is 24.0 Å². The third-order valence-electron chi connectivity index (χ3n) is 7.73. The Kier molecular flexibility index (Phi) is 9.41. The summed E-state index contributed by atoms with van der Waals surface area (Å²) in [5.74, 6) is -5.05. The van der Waals surface area contributed by atoms with E-state index in [0.29, 0.717) is 17.9 Å². The van der Waals surface area contributed by atoms with Crippen molar-refractivity contribution in [2.24, 2.45) is 23.2 Å². The number of hydrogen-bond acceptors (Lipinski definition) is 5. The second kappa shape index (κ2) is 11.7. The molecule has 1 saturated carbocycles. The molecule has 2 aliphatic heterocycles.